The van der Waals surface area contributed by atoms with Crippen LogP contribution in [0.3, 0.4) is 0 Å². The molecule has 1 aliphatic carbocycles. The van der Waals surface area contributed by atoms with Gasteiger partial charge in [0.05, 0.1) is 24.0 Å². The van der Waals surface area contributed by atoms with Gasteiger partial charge in [-0.05, 0) is 37.8 Å². The number of benzene rings is 1. The highest BCUT2D eigenvalue weighted by molar-refractivity contribution is 7.93. The number of hydrogen-bond donors (Lipinski definition) is 0. The van der Waals surface area contributed by atoms with Gasteiger partial charge in [-0.25, -0.2) is 8.42 Å². The van der Waals surface area contributed by atoms with Crippen LogP contribution in [0.5, 0.6) is 0 Å². The van der Waals surface area contributed by atoms with E-state index in [4.69, 9.17) is 4.74 Å². The van der Waals surface area contributed by atoms with Crippen LogP contribution < -0.4 is 0 Å². The number of rotatable bonds is 5. The molecular formula is C17H21NO4S. The largest absolute Gasteiger partial charge is 0.466 e. The maximum absolute atomic E-state index is 13.1. The topological polar surface area (TPSA) is 84.2 Å². The molecule has 0 radical (unpaired) electrons. The molecule has 1 aliphatic rings. The highest BCUT2D eigenvalue weighted by Crippen LogP contribution is 2.49. The molecule has 0 bridgehead atoms. The fourth-order valence-electron chi connectivity index (χ4n) is 3.40. The molecule has 0 N–H and O–H groups in total. The minimum absolute atomic E-state index is 0.0301. The van der Waals surface area contributed by atoms with Crippen molar-refractivity contribution in [3.05, 3.63) is 30.3 Å². The molecule has 1 aromatic carbocycles. The molecule has 2 rings (SSSR count). The van der Waals surface area contributed by atoms with Crippen LogP contribution in [0, 0.1) is 23.2 Å². The van der Waals surface area contributed by atoms with Gasteiger partial charge in [0.1, 0.15) is 0 Å². The Balaban J connectivity index is 2.46. The highest BCUT2D eigenvalue weighted by atomic mass is 32.2. The molecule has 0 saturated heterocycles. The molecule has 23 heavy (non-hydrogen) atoms. The molecule has 3 atom stereocenters. The number of carbonyl (C=O) groups is 1. The Morgan fingerprint density at radius 1 is 1.39 bits per heavy atom. The van der Waals surface area contributed by atoms with Crippen LogP contribution in [0.1, 0.15) is 33.1 Å². The van der Waals surface area contributed by atoms with Gasteiger partial charge >= 0.3 is 5.97 Å². The van der Waals surface area contributed by atoms with E-state index in [1.807, 2.05) is 13.0 Å². The summed E-state index contributed by atoms with van der Waals surface area (Å²) in [5, 5.41) is 9.76. The van der Waals surface area contributed by atoms with Crippen molar-refractivity contribution in [1.29, 1.82) is 5.26 Å². The molecule has 0 aliphatic heterocycles. The van der Waals surface area contributed by atoms with Gasteiger partial charge in [0, 0.05) is 5.92 Å². The Labute approximate surface area is 137 Å². The summed E-state index contributed by atoms with van der Waals surface area (Å²) in [4.78, 5) is 12.0. The van der Waals surface area contributed by atoms with E-state index in [0.717, 1.165) is 0 Å². The molecule has 0 spiro atoms. The van der Waals surface area contributed by atoms with Crippen LogP contribution in [0.2, 0.25) is 0 Å². The van der Waals surface area contributed by atoms with Crippen LogP contribution in [0.25, 0.3) is 0 Å². The highest BCUT2D eigenvalue weighted by Gasteiger charge is 2.57. The Bertz CT molecular complexity index is 708. The van der Waals surface area contributed by atoms with Gasteiger partial charge in [0.25, 0.3) is 0 Å². The summed E-state index contributed by atoms with van der Waals surface area (Å²) < 4.78 is 29.6. The van der Waals surface area contributed by atoms with Crippen LogP contribution in [0.4, 0.5) is 0 Å². The first-order chi connectivity index (χ1) is 10.9. The van der Waals surface area contributed by atoms with Crippen molar-refractivity contribution in [2.45, 2.75) is 42.8 Å². The monoisotopic (exact) mass is 335 g/mol. The van der Waals surface area contributed by atoms with Crippen molar-refractivity contribution in [3.63, 3.8) is 0 Å². The molecule has 124 valence electrons. The molecule has 1 saturated carbocycles. The lowest BCUT2D eigenvalue weighted by molar-refractivity contribution is -0.144. The number of nitrogens with zero attached hydrogens (tertiary/aromatic N) is 1. The number of carbonyl (C=O) groups excluding carboxylic acids is 1. The van der Waals surface area contributed by atoms with E-state index < -0.39 is 26.5 Å². The average molecular weight is 335 g/mol. The van der Waals surface area contributed by atoms with Crippen molar-refractivity contribution >= 4 is 15.8 Å². The zero-order chi connectivity index (χ0) is 17.1. The Kier molecular flexibility index (Phi) is 5.10. The van der Waals surface area contributed by atoms with Gasteiger partial charge in [-0.15, -0.1) is 0 Å². The summed E-state index contributed by atoms with van der Waals surface area (Å²) in [6.07, 6.45) is 0.796. The molecule has 0 heterocycles. The molecule has 6 heteroatoms. The van der Waals surface area contributed by atoms with E-state index >= 15 is 0 Å². The van der Waals surface area contributed by atoms with Gasteiger partial charge < -0.3 is 4.74 Å². The minimum atomic E-state index is -3.86. The Hall–Kier alpha value is -1.87. The van der Waals surface area contributed by atoms with E-state index in [0.29, 0.717) is 6.42 Å². The van der Waals surface area contributed by atoms with E-state index in [-0.39, 0.29) is 30.3 Å². The van der Waals surface area contributed by atoms with Crippen molar-refractivity contribution in [1.82, 2.24) is 0 Å². The van der Waals surface area contributed by atoms with Crippen LogP contribution >= 0.6 is 0 Å². The smallest absolute Gasteiger partial charge is 0.306 e. The molecule has 1 aromatic rings. The lowest BCUT2D eigenvalue weighted by Gasteiger charge is -2.29. The van der Waals surface area contributed by atoms with E-state index in [1.54, 1.807) is 25.1 Å². The van der Waals surface area contributed by atoms with Gasteiger partial charge in [0.2, 0.25) is 0 Å². The predicted molar refractivity (Wildman–Crippen MR) is 85.1 cm³/mol. The number of esters is 1. The first-order valence-electron chi connectivity index (χ1n) is 7.75. The van der Waals surface area contributed by atoms with Crippen LogP contribution in [-0.4, -0.2) is 25.7 Å². The standard InChI is InChI=1S/C17H21NO4S/c1-3-22-16(19)11-15-13(2)9-10-17(15,12-18)23(20,21)14-7-5-4-6-8-14/h4-8,13,15H,3,9-11H2,1-2H3/t13-,15+,17-/m0/s1. The van der Waals surface area contributed by atoms with E-state index in [1.165, 1.54) is 12.1 Å². The first-order valence-corrected chi connectivity index (χ1v) is 9.24. The fourth-order valence-corrected chi connectivity index (χ4v) is 5.55. The Morgan fingerprint density at radius 3 is 2.61 bits per heavy atom. The third kappa shape index (κ3) is 2.98. The normalized spacial score (nSPS) is 27.3. The minimum Gasteiger partial charge on any atom is -0.466 e. The fraction of sp³-hybridized carbons (Fsp3) is 0.529. The second kappa shape index (κ2) is 6.71. The van der Waals surface area contributed by atoms with Gasteiger partial charge in [0.15, 0.2) is 14.6 Å². The van der Waals surface area contributed by atoms with E-state index in [9.17, 15) is 18.5 Å². The average Bonchev–Trinajstić information content (AvgIpc) is 2.86. The van der Waals surface area contributed by atoms with Crippen molar-refractivity contribution < 1.29 is 17.9 Å². The SMILES string of the molecule is CCOC(=O)C[C@@H]1[C@@H](C)CC[C@@]1(C#N)S(=O)(=O)c1ccccc1. The molecule has 0 amide bonds. The lowest BCUT2D eigenvalue weighted by Crippen LogP contribution is -2.43. The van der Waals surface area contributed by atoms with Gasteiger partial charge in [-0.3, -0.25) is 4.79 Å². The van der Waals surface area contributed by atoms with Crippen LogP contribution in [0.15, 0.2) is 35.2 Å². The number of nitriles is 1. The summed E-state index contributed by atoms with van der Waals surface area (Å²) in [7, 11) is -3.86. The summed E-state index contributed by atoms with van der Waals surface area (Å²) in [6, 6.07) is 10.0. The summed E-state index contributed by atoms with van der Waals surface area (Å²) in [5.41, 5.74) is 0. The molecule has 1 fully saturated rings. The summed E-state index contributed by atoms with van der Waals surface area (Å²) >= 11 is 0. The second-order valence-corrected chi connectivity index (χ2v) is 8.16. The maximum atomic E-state index is 13.1. The quantitative estimate of drug-likeness (QED) is 0.773. The summed E-state index contributed by atoms with van der Waals surface area (Å²) in [5.74, 6) is -1.04. The Morgan fingerprint density at radius 2 is 2.04 bits per heavy atom. The van der Waals surface area contributed by atoms with Crippen LogP contribution in [-0.2, 0) is 19.4 Å². The molecule has 0 unspecified atom stereocenters. The van der Waals surface area contributed by atoms with Crippen molar-refractivity contribution in [2.24, 2.45) is 11.8 Å². The van der Waals surface area contributed by atoms with Gasteiger partial charge in [-0.2, -0.15) is 5.26 Å². The zero-order valence-corrected chi connectivity index (χ0v) is 14.2. The lowest BCUT2D eigenvalue weighted by atomic mass is 9.87. The molecule has 0 aromatic heterocycles. The predicted octanol–water partition coefficient (Wildman–Crippen LogP) is 2.72. The zero-order valence-electron chi connectivity index (χ0n) is 13.4. The third-order valence-electron chi connectivity index (χ3n) is 4.67. The van der Waals surface area contributed by atoms with Crippen molar-refractivity contribution in [3.8, 4) is 6.07 Å². The maximum Gasteiger partial charge on any atom is 0.306 e. The first kappa shape index (κ1) is 17.5. The number of sulfone groups is 1. The molecular weight excluding hydrogens is 314 g/mol. The number of ether oxygens (including phenoxy) is 1. The van der Waals surface area contributed by atoms with Crippen molar-refractivity contribution in [2.75, 3.05) is 6.61 Å². The van der Waals surface area contributed by atoms with E-state index in [2.05, 4.69) is 0 Å². The summed E-state index contributed by atoms with van der Waals surface area (Å²) in [6.45, 7) is 3.84. The third-order valence-corrected chi connectivity index (χ3v) is 7.12. The number of hydrogen-bond acceptors (Lipinski definition) is 5. The van der Waals surface area contributed by atoms with Gasteiger partial charge in [-0.1, -0.05) is 25.1 Å². The second-order valence-electron chi connectivity index (χ2n) is 5.95. The molecule has 5 nitrogen and oxygen atoms in total.